The molecule has 1 N–H and O–H groups in total. The van der Waals surface area contributed by atoms with Crippen LogP contribution in [0.3, 0.4) is 0 Å². The Morgan fingerprint density at radius 2 is 1.96 bits per heavy atom. The maximum atomic E-state index is 12.6. The Kier molecular flexibility index (Phi) is 4.61. The smallest absolute Gasteiger partial charge is 0.252 e. The molecular formula is C19H19N3O2. The summed E-state index contributed by atoms with van der Waals surface area (Å²) in [5, 5.41) is 3.07. The Bertz CT molecular complexity index is 827. The zero-order valence-corrected chi connectivity index (χ0v) is 13.6. The molecule has 0 aliphatic carbocycles. The van der Waals surface area contributed by atoms with Crippen LogP contribution in [0.2, 0.25) is 0 Å². The van der Waals surface area contributed by atoms with Gasteiger partial charge in [0.05, 0.1) is 7.11 Å². The molecule has 1 heterocycles. The fourth-order valence-electron chi connectivity index (χ4n) is 2.58. The van der Waals surface area contributed by atoms with E-state index in [4.69, 9.17) is 4.74 Å². The lowest BCUT2D eigenvalue weighted by atomic mass is 10.0. The molecule has 0 saturated carbocycles. The van der Waals surface area contributed by atoms with Gasteiger partial charge >= 0.3 is 0 Å². The van der Waals surface area contributed by atoms with Gasteiger partial charge in [-0.2, -0.15) is 0 Å². The van der Waals surface area contributed by atoms with Gasteiger partial charge in [0.25, 0.3) is 5.91 Å². The number of amides is 1. The van der Waals surface area contributed by atoms with E-state index < -0.39 is 0 Å². The van der Waals surface area contributed by atoms with Crippen LogP contribution in [0.15, 0.2) is 67.0 Å². The molecule has 1 atom stereocenters. The normalized spacial score (nSPS) is 11.8. The highest BCUT2D eigenvalue weighted by molar-refractivity contribution is 5.94. The summed E-state index contributed by atoms with van der Waals surface area (Å²) in [6.45, 7) is 0. The van der Waals surface area contributed by atoms with Crippen LogP contribution in [-0.2, 0) is 7.05 Å². The lowest BCUT2D eigenvalue weighted by molar-refractivity contribution is 0.0941. The number of imidazole rings is 1. The highest BCUT2D eigenvalue weighted by Crippen LogP contribution is 2.24. The Morgan fingerprint density at radius 3 is 2.62 bits per heavy atom. The predicted octanol–water partition coefficient (Wildman–Crippen LogP) is 2.95. The van der Waals surface area contributed by atoms with Crippen molar-refractivity contribution in [3.63, 3.8) is 0 Å². The molecule has 0 radical (unpaired) electrons. The highest BCUT2D eigenvalue weighted by Gasteiger charge is 2.21. The van der Waals surface area contributed by atoms with Crippen molar-refractivity contribution in [2.75, 3.05) is 7.11 Å². The number of hydrogen-bond donors (Lipinski definition) is 1. The summed E-state index contributed by atoms with van der Waals surface area (Å²) in [4.78, 5) is 17.0. The fraction of sp³-hybridized carbons (Fsp3) is 0.158. The van der Waals surface area contributed by atoms with Crippen molar-refractivity contribution in [1.82, 2.24) is 14.9 Å². The topological polar surface area (TPSA) is 56.1 Å². The first-order valence-corrected chi connectivity index (χ1v) is 7.66. The van der Waals surface area contributed by atoms with E-state index in [0.29, 0.717) is 5.56 Å². The Hall–Kier alpha value is -3.08. The molecule has 24 heavy (non-hydrogen) atoms. The maximum absolute atomic E-state index is 12.6. The SMILES string of the molecule is COc1cccc(C(NC(=O)c2ccccc2)c2nccn2C)c1. The molecule has 0 aliphatic heterocycles. The summed E-state index contributed by atoms with van der Waals surface area (Å²) in [5.41, 5.74) is 1.52. The molecule has 0 aliphatic rings. The van der Waals surface area contributed by atoms with E-state index in [9.17, 15) is 4.79 Å². The van der Waals surface area contributed by atoms with E-state index in [-0.39, 0.29) is 11.9 Å². The molecule has 5 heteroatoms. The standard InChI is InChI=1S/C19H19N3O2/c1-22-12-11-20-18(22)17(15-9-6-10-16(13-15)24-2)21-19(23)14-7-4-3-5-8-14/h3-13,17H,1-2H3,(H,21,23). The minimum atomic E-state index is -0.368. The average molecular weight is 321 g/mol. The number of benzene rings is 2. The Balaban J connectivity index is 1.96. The fourth-order valence-corrected chi connectivity index (χ4v) is 2.58. The molecule has 0 spiro atoms. The maximum Gasteiger partial charge on any atom is 0.252 e. The second kappa shape index (κ2) is 7.00. The van der Waals surface area contributed by atoms with E-state index in [1.165, 1.54) is 0 Å². The van der Waals surface area contributed by atoms with Crippen molar-refractivity contribution in [2.45, 2.75) is 6.04 Å². The number of rotatable bonds is 5. The summed E-state index contributed by atoms with van der Waals surface area (Å²) < 4.78 is 7.20. The predicted molar refractivity (Wildman–Crippen MR) is 92.0 cm³/mol. The van der Waals surface area contributed by atoms with Gasteiger partial charge in [0.2, 0.25) is 0 Å². The van der Waals surface area contributed by atoms with Gasteiger partial charge in [0, 0.05) is 25.0 Å². The van der Waals surface area contributed by atoms with Gasteiger partial charge < -0.3 is 14.6 Å². The van der Waals surface area contributed by atoms with Crippen LogP contribution in [0.1, 0.15) is 27.8 Å². The summed E-state index contributed by atoms with van der Waals surface area (Å²) in [5.74, 6) is 1.35. The minimum absolute atomic E-state index is 0.147. The van der Waals surface area contributed by atoms with Gasteiger partial charge in [-0.1, -0.05) is 30.3 Å². The molecule has 3 rings (SSSR count). The molecule has 1 aromatic heterocycles. The van der Waals surface area contributed by atoms with E-state index in [2.05, 4.69) is 10.3 Å². The van der Waals surface area contributed by atoms with Crippen molar-refractivity contribution in [3.05, 3.63) is 83.9 Å². The van der Waals surface area contributed by atoms with Crippen molar-refractivity contribution >= 4 is 5.91 Å². The quantitative estimate of drug-likeness (QED) is 0.786. The van der Waals surface area contributed by atoms with E-state index in [1.54, 1.807) is 25.4 Å². The molecule has 2 aromatic carbocycles. The first-order chi connectivity index (χ1) is 11.7. The van der Waals surface area contributed by atoms with Gasteiger partial charge in [0.1, 0.15) is 17.6 Å². The molecule has 0 saturated heterocycles. The number of aryl methyl sites for hydroxylation is 1. The van der Waals surface area contributed by atoms with E-state index in [1.807, 2.05) is 60.3 Å². The molecule has 1 amide bonds. The zero-order valence-electron chi connectivity index (χ0n) is 13.6. The first kappa shape index (κ1) is 15.8. The summed E-state index contributed by atoms with van der Waals surface area (Å²) >= 11 is 0. The van der Waals surface area contributed by atoms with E-state index in [0.717, 1.165) is 17.1 Å². The van der Waals surface area contributed by atoms with Crippen LogP contribution in [0, 0.1) is 0 Å². The second-order valence-electron chi connectivity index (χ2n) is 5.45. The number of nitrogens with zero attached hydrogens (tertiary/aromatic N) is 2. The number of carbonyl (C=O) groups is 1. The van der Waals surface area contributed by atoms with Crippen LogP contribution >= 0.6 is 0 Å². The lowest BCUT2D eigenvalue weighted by Gasteiger charge is -2.20. The third-order valence-corrected chi connectivity index (χ3v) is 3.86. The van der Waals surface area contributed by atoms with Crippen LogP contribution < -0.4 is 10.1 Å². The largest absolute Gasteiger partial charge is 0.497 e. The molecule has 1 unspecified atom stereocenters. The monoisotopic (exact) mass is 321 g/mol. The van der Waals surface area contributed by atoms with Crippen LogP contribution in [0.25, 0.3) is 0 Å². The number of nitrogens with one attached hydrogen (secondary N) is 1. The molecular weight excluding hydrogens is 302 g/mol. The van der Waals surface area contributed by atoms with Crippen molar-refractivity contribution in [3.8, 4) is 5.75 Å². The van der Waals surface area contributed by atoms with Crippen LogP contribution in [0.4, 0.5) is 0 Å². The number of hydrogen-bond acceptors (Lipinski definition) is 3. The van der Waals surface area contributed by atoms with E-state index >= 15 is 0 Å². The third-order valence-electron chi connectivity index (χ3n) is 3.86. The van der Waals surface area contributed by atoms with Gasteiger partial charge in [-0.25, -0.2) is 4.98 Å². The lowest BCUT2D eigenvalue weighted by Crippen LogP contribution is -2.31. The highest BCUT2D eigenvalue weighted by atomic mass is 16.5. The Morgan fingerprint density at radius 1 is 1.17 bits per heavy atom. The number of aromatic nitrogens is 2. The molecule has 3 aromatic rings. The summed E-state index contributed by atoms with van der Waals surface area (Å²) in [7, 11) is 3.53. The van der Waals surface area contributed by atoms with Crippen molar-refractivity contribution < 1.29 is 9.53 Å². The first-order valence-electron chi connectivity index (χ1n) is 7.66. The van der Waals surface area contributed by atoms with Gasteiger partial charge in [-0.05, 0) is 29.8 Å². The number of methoxy groups -OCH3 is 1. The molecule has 0 fully saturated rings. The van der Waals surface area contributed by atoms with Crippen LogP contribution in [-0.4, -0.2) is 22.6 Å². The summed E-state index contributed by atoms with van der Waals surface area (Å²) in [6.07, 6.45) is 3.58. The van der Waals surface area contributed by atoms with Gasteiger partial charge in [-0.15, -0.1) is 0 Å². The number of ether oxygens (including phenoxy) is 1. The molecule has 5 nitrogen and oxygen atoms in total. The second-order valence-corrected chi connectivity index (χ2v) is 5.45. The third kappa shape index (κ3) is 3.30. The van der Waals surface area contributed by atoms with Crippen LogP contribution in [0.5, 0.6) is 5.75 Å². The molecule has 0 bridgehead atoms. The van der Waals surface area contributed by atoms with Crippen molar-refractivity contribution in [2.24, 2.45) is 7.05 Å². The van der Waals surface area contributed by atoms with Gasteiger partial charge in [0.15, 0.2) is 0 Å². The Labute approximate surface area is 140 Å². The average Bonchev–Trinajstić information content (AvgIpc) is 3.06. The van der Waals surface area contributed by atoms with Crippen molar-refractivity contribution in [1.29, 1.82) is 0 Å². The summed E-state index contributed by atoms with van der Waals surface area (Å²) in [6, 6.07) is 16.4. The zero-order chi connectivity index (χ0) is 16.9. The minimum Gasteiger partial charge on any atom is -0.497 e. The molecule has 122 valence electrons. The number of carbonyl (C=O) groups excluding carboxylic acids is 1. The van der Waals surface area contributed by atoms with Gasteiger partial charge in [-0.3, -0.25) is 4.79 Å².